The summed E-state index contributed by atoms with van der Waals surface area (Å²) >= 11 is 3.41. The number of hydrogen-bond donors (Lipinski definition) is 1. The van der Waals surface area contributed by atoms with Gasteiger partial charge in [0.2, 0.25) is 0 Å². The molecule has 1 atom stereocenters. The topological polar surface area (TPSA) is 21.3 Å². The summed E-state index contributed by atoms with van der Waals surface area (Å²) in [4.78, 5) is 0. The van der Waals surface area contributed by atoms with Crippen molar-refractivity contribution in [2.75, 3.05) is 13.7 Å². The summed E-state index contributed by atoms with van der Waals surface area (Å²) in [5, 5.41) is 3.33. The molecule has 2 nitrogen and oxygen atoms in total. The first-order chi connectivity index (χ1) is 7.72. The van der Waals surface area contributed by atoms with E-state index in [-0.39, 0.29) is 6.10 Å². The number of benzene rings is 1. The molecule has 0 saturated carbocycles. The van der Waals surface area contributed by atoms with Crippen LogP contribution in [0.15, 0.2) is 28.7 Å². The van der Waals surface area contributed by atoms with Crippen LogP contribution in [0.3, 0.4) is 0 Å². The first-order valence-electron chi connectivity index (χ1n) is 5.70. The van der Waals surface area contributed by atoms with E-state index in [1.807, 2.05) is 13.8 Å². The molecular weight excluding hydrogens is 266 g/mol. The molecular formula is C13H22BrNO. The lowest BCUT2D eigenvalue weighted by Gasteiger charge is -2.10. The SMILES string of the molecule is CC.COC(C)CNCc1ccc(Br)cc1. The van der Waals surface area contributed by atoms with Crippen LogP contribution in [0.4, 0.5) is 0 Å². The van der Waals surface area contributed by atoms with Gasteiger partial charge >= 0.3 is 0 Å². The zero-order chi connectivity index (χ0) is 12.4. The number of rotatable bonds is 5. The second-order valence-electron chi connectivity index (χ2n) is 3.30. The van der Waals surface area contributed by atoms with Crippen molar-refractivity contribution in [2.45, 2.75) is 33.4 Å². The number of nitrogens with one attached hydrogen (secondary N) is 1. The van der Waals surface area contributed by atoms with E-state index in [1.54, 1.807) is 7.11 Å². The van der Waals surface area contributed by atoms with Crippen LogP contribution in [0.5, 0.6) is 0 Å². The first-order valence-corrected chi connectivity index (χ1v) is 6.49. The molecule has 0 aliphatic carbocycles. The monoisotopic (exact) mass is 287 g/mol. The van der Waals surface area contributed by atoms with Crippen molar-refractivity contribution in [2.24, 2.45) is 0 Å². The van der Waals surface area contributed by atoms with Gasteiger partial charge in [0.1, 0.15) is 0 Å². The minimum absolute atomic E-state index is 0.269. The molecule has 0 saturated heterocycles. The lowest BCUT2D eigenvalue weighted by atomic mass is 10.2. The highest BCUT2D eigenvalue weighted by molar-refractivity contribution is 9.10. The highest BCUT2D eigenvalue weighted by atomic mass is 79.9. The average molecular weight is 288 g/mol. The van der Waals surface area contributed by atoms with E-state index in [1.165, 1.54) is 5.56 Å². The average Bonchev–Trinajstić information content (AvgIpc) is 2.34. The Morgan fingerprint density at radius 3 is 2.31 bits per heavy atom. The quantitative estimate of drug-likeness (QED) is 0.894. The molecule has 0 bridgehead atoms. The van der Waals surface area contributed by atoms with Crippen molar-refractivity contribution >= 4 is 15.9 Å². The van der Waals surface area contributed by atoms with Gasteiger partial charge in [-0.1, -0.05) is 41.9 Å². The molecule has 0 aromatic heterocycles. The molecule has 16 heavy (non-hydrogen) atoms. The number of hydrogen-bond acceptors (Lipinski definition) is 2. The highest BCUT2D eigenvalue weighted by Crippen LogP contribution is 2.10. The zero-order valence-electron chi connectivity index (χ0n) is 10.6. The van der Waals surface area contributed by atoms with Crippen LogP contribution in [0, 0.1) is 0 Å². The molecule has 1 N–H and O–H groups in total. The summed E-state index contributed by atoms with van der Waals surface area (Å²) in [7, 11) is 1.73. The molecule has 1 rings (SSSR count). The third kappa shape index (κ3) is 6.99. The molecule has 0 heterocycles. The van der Waals surface area contributed by atoms with Crippen LogP contribution in [0.25, 0.3) is 0 Å². The molecule has 0 fully saturated rings. The van der Waals surface area contributed by atoms with Gasteiger partial charge in [-0.05, 0) is 24.6 Å². The molecule has 0 aliphatic rings. The number of halogens is 1. The van der Waals surface area contributed by atoms with Crippen LogP contribution in [-0.2, 0) is 11.3 Å². The van der Waals surface area contributed by atoms with Gasteiger partial charge in [0.05, 0.1) is 6.10 Å². The molecule has 0 spiro atoms. The van der Waals surface area contributed by atoms with Crippen LogP contribution >= 0.6 is 15.9 Å². The fourth-order valence-electron chi connectivity index (χ4n) is 1.11. The van der Waals surface area contributed by atoms with Crippen molar-refractivity contribution < 1.29 is 4.74 Å². The van der Waals surface area contributed by atoms with Gasteiger partial charge in [0.25, 0.3) is 0 Å². The van der Waals surface area contributed by atoms with Gasteiger partial charge in [-0.25, -0.2) is 0 Å². The van der Waals surface area contributed by atoms with E-state index in [0.717, 1.165) is 17.6 Å². The maximum absolute atomic E-state index is 5.14. The molecule has 1 aromatic carbocycles. The van der Waals surface area contributed by atoms with Crippen LogP contribution in [0.2, 0.25) is 0 Å². The van der Waals surface area contributed by atoms with Crippen molar-refractivity contribution in [3.05, 3.63) is 34.3 Å². The Labute approximate surface area is 108 Å². The molecule has 3 heteroatoms. The maximum Gasteiger partial charge on any atom is 0.0667 e. The fraction of sp³-hybridized carbons (Fsp3) is 0.538. The van der Waals surface area contributed by atoms with E-state index in [4.69, 9.17) is 4.74 Å². The number of ether oxygens (including phenoxy) is 1. The smallest absolute Gasteiger partial charge is 0.0667 e. The van der Waals surface area contributed by atoms with Gasteiger partial charge in [0.15, 0.2) is 0 Å². The molecule has 1 aromatic rings. The standard InChI is InChI=1S/C11H16BrNO.C2H6/c1-9(14-2)7-13-8-10-3-5-11(12)6-4-10;1-2/h3-6,9,13H,7-8H2,1-2H3;1-2H3. The summed E-state index contributed by atoms with van der Waals surface area (Å²) in [6.45, 7) is 7.82. The van der Waals surface area contributed by atoms with E-state index in [9.17, 15) is 0 Å². The molecule has 0 aliphatic heterocycles. The van der Waals surface area contributed by atoms with E-state index in [2.05, 4.69) is 52.4 Å². The fourth-order valence-corrected chi connectivity index (χ4v) is 1.37. The van der Waals surface area contributed by atoms with Crippen LogP contribution < -0.4 is 5.32 Å². The van der Waals surface area contributed by atoms with Crippen LogP contribution in [0.1, 0.15) is 26.3 Å². The Balaban J connectivity index is 0.00000106. The van der Waals surface area contributed by atoms with Gasteiger partial charge in [-0.15, -0.1) is 0 Å². The Kier molecular flexibility index (Phi) is 9.59. The highest BCUT2D eigenvalue weighted by Gasteiger charge is 1.98. The Morgan fingerprint density at radius 2 is 1.81 bits per heavy atom. The predicted octanol–water partition coefficient (Wildman–Crippen LogP) is 3.60. The predicted molar refractivity (Wildman–Crippen MR) is 73.7 cm³/mol. The Morgan fingerprint density at radius 1 is 1.25 bits per heavy atom. The van der Waals surface area contributed by atoms with Crippen molar-refractivity contribution in [1.82, 2.24) is 5.32 Å². The summed E-state index contributed by atoms with van der Waals surface area (Å²) < 4.78 is 6.25. The third-order valence-corrected chi connectivity index (χ3v) is 2.61. The van der Waals surface area contributed by atoms with Crippen molar-refractivity contribution in [1.29, 1.82) is 0 Å². The first kappa shape index (κ1) is 15.6. The van der Waals surface area contributed by atoms with Gasteiger partial charge in [-0.3, -0.25) is 0 Å². The molecule has 1 unspecified atom stereocenters. The van der Waals surface area contributed by atoms with E-state index >= 15 is 0 Å². The van der Waals surface area contributed by atoms with E-state index < -0.39 is 0 Å². The number of methoxy groups -OCH3 is 1. The van der Waals surface area contributed by atoms with Crippen LogP contribution in [-0.4, -0.2) is 19.8 Å². The minimum Gasteiger partial charge on any atom is -0.380 e. The van der Waals surface area contributed by atoms with Crippen molar-refractivity contribution in [3.63, 3.8) is 0 Å². The summed E-state index contributed by atoms with van der Waals surface area (Å²) in [6, 6.07) is 8.32. The maximum atomic E-state index is 5.14. The lowest BCUT2D eigenvalue weighted by molar-refractivity contribution is 0.117. The second-order valence-corrected chi connectivity index (χ2v) is 4.22. The molecule has 0 radical (unpaired) electrons. The normalized spacial score (nSPS) is 11.6. The Bertz CT molecular complexity index is 261. The van der Waals surface area contributed by atoms with Gasteiger partial charge < -0.3 is 10.1 Å². The third-order valence-electron chi connectivity index (χ3n) is 2.08. The summed E-state index contributed by atoms with van der Waals surface area (Å²) in [5.74, 6) is 0. The lowest BCUT2D eigenvalue weighted by Crippen LogP contribution is -2.25. The summed E-state index contributed by atoms with van der Waals surface area (Å²) in [5.41, 5.74) is 1.29. The minimum atomic E-state index is 0.269. The molecule has 0 amide bonds. The summed E-state index contributed by atoms with van der Waals surface area (Å²) in [6.07, 6.45) is 0.269. The van der Waals surface area contributed by atoms with E-state index in [0.29, 0.717) is 0 Å². The molecule has 92 valence electrons. The zero-order valence-corrected chi connectivity index (χ0v) is 12.2. The second kappa shape index (κ2) is 9.82. The largest absolute Gasteiger partial charge is 0.380 e. The van der Waals surface area contributed by atoms with Crippen molar-refractivity contribution in [3.8, 4) is 0 Å². The van der Waals surface area contributed by atoms with Gasteiger partial charge in [0, 0.05) is 24.7 Å². The Hall–Kier alpha value is -0.380. The van der Waals surface area contributed by atoms with Gasteiger partial charge in [-0.2, -0.15) is 0 Å².